The van der Waals surface area contributed by atoms with Gasteiger partial charge in [-0.25, -0.2) is 0 Å². The van der Waals surface area contributed by atoms with E-state index in [1.54, 1.807) is 0 Å². The summed E-state index contributed by atoms with van der Waals surface area (Å²) in [6, 6.07) is 8.13. The van der Waals surface area contributed by atoms with Gasteiger partial charge in [0.2, 0.25) is 0 Å². The van der Waals surface area contributed by atoms with Crippen molar-refractivity contribution in [2.45, 2.75) is 58.8 Å². The first-order chi connectivity index (χ1) is 13.8. The monoisotopic (exact) mass is 420 g/mol. The van der Waals surface area contributed by atoms with E-state index in [1.807, 2.05) is 12.1 Å². The lowest BCUT2D eigenvalue weighted by molar-refractivity contribution is -0.0807. The summed E-state index contributed by atoms with van der Waals surface area (Å²) in [5.41, 5.74) is 1.94. The molecule has 2 aliphatic carbocycles. The highest BCUT2D eigenvalue weighted by molar-refractivity contribution is 6.30. The molecule has 162 valence electrons. The molecule has 1 heterocycles. The molecule has 3 fully saturated rings. The molecule has 0 spiro atoms. The first-order valence-electron chi connectivity index (χ1n) is 11.3. The van der Waals surface area contributed by atoms with E-state index in [0.717, 1.165) is 43.7 Å². The van der Waals surface area contributed by atoms with Crippen LogP contribution in [0.4, 0.5) is 0 Å². The molecule has 29 heavy (non-hydrogen) atoms. The van der Waals surface area contributed by atoms with Crippen LogP contribution >= 0.6 is 11.6 Å². The van der Waals surface area contributed by atoms with Crippen LogP contribution in [0, 0.1) is 16.7 Å². The molecule has 0 aromatic heterocycles. The summed E-state index contributed by atoms with van der Waals surface area (Å²) in [4.78, 5) is 4.85. The molecule has 1 saturated heterocycles. The summed E-state index contributed by atoms with van der Waals surface area (Å²) in [6.45, 7) is 13.4. The van der Waals surface area contributed by atoms with Crippen LogP contribution in [0.1, 0.15) is 45.6 Å². The predicted octanol–water partition coefficient (Wildman–Crippen LogP) is 4.05. The van der Waals surface area contributed by atoms with Gasteiger partial charge in [-0.05, 0) is 53.7 Å². The van der Waals surface area contributed by atoms with Crippen LogP contribution in [-0.4, -0.2) is 66.4 Å². The molecule has 1 aromatic rings. The second-order valence-electron chi connectivity index (χ2n) is 10.3. The van der Waals surface area contributed by atoms with Crippen LogP contribution in [0.3, 0.4) is 0 Å². The van der Waals surface area contributed by atoms with Crippen molar-refractivity contribution < 1.29 is 9.84 Å². The lowest BCUT2D eigenvalue weighted by Gasteiger charge is -2.39. The van der Waals surface area contributed by atoms with E-state index in [1.165, 1.54) is 24.8 Å². The molecule has 3 aliphatic rings. The molecule has 0 unspecified atom stereocenters. The van der Waals surface area contributed by atoms with E-state index in [0.29, 0.717) is 24.7 Å². The molecule has 4 rings (SSSR count). The number of β-amino-alcohol motifs (C(OH)–C–C–N with tert-alkyl or cyclic N) is 1. The fraction of sp³-hybridized carbons (Fsp3) is 0.750. The SMILES string of the molecule is CC1(C)[C@H]2CC[C@]1(C)[C@H](OC[C@H](O)CN1CCN(Cc3ccc(Cl)cc3)CC1)C2. The molecular weight excluding hydrogens is 384 g/mol. The Morgan fingerprint density at radius 3 is 2.34 bits per heavy atom. The highest BCUT2D eigenvalue weighted by Gasteiger charge is 2.61. The van der Waals surface area contributed by atoms with Gasteiger partial charge in [0.05, 0.1) is 18.8 Å². The molecule has 0 radical (unpaired) electrons. The quantitative estimate of drug-likeness (QED) is 0.721. The van der Waals surface area contributed by atoms with E-state index in [2.05, 4.69) is 42.7 Å². The van der Waals surface area contributed by atoms with Crippen molar-refractivity contribution in [1.82, 2.24) is 9.80 Å². The van der Waals surface area contributed by atoms with Crippen LogP contribution < -0.4 is 0 Å². The van der Waals surface area contributed by atoms with Crippen molar-refractivity contribution in [2.75, 3.05) is 39.3 Å². The average Bonchev–Trinajstić information content (AvgIpc) is 3.03. The first kappa shape index (κ1) is 21.6. The van der Waals surface area contributed by atoms with Gasteiger partial charge >= 0.3 is 0 Å². The molecule has 1 aromatic carbocycles. The molecule has 1 N–H and O–H groups in total. The third kappa shape index (κ3) is 4.38. The van der Waals surface area contributed by atoms with Crippen molar-refractivity contribution in [3.05, 3.63) is 34.9 Å². The topological polar surface area (TPSA) is 35.9 Å². The van der Waals surface area contributed by atoms with Crippen molar-refractivity contribution >= 4 is 11.6 Å². The van der Waals surface area contributed by atoms with Gasteiger partial charge in [0.1, 0.15) is 0 Å². The zero-order valence-corrected chi connectivity index (χ0v) is 19.0. The van der Waals surface area contributed by atoms with Crippen LogP contribution in [0.2, 0.25) is 5.02 Å². The third-order valence-corrected chi connectivity index (χ3v) is 8.71. The van der Waals surface area contributed by atoms with Crippen molar-refractivity contribution in [1.29, 1.82) is 0 Å². The molecule has 2 bridgehead atoms. The van der Waals surface area contributed by atoms with E-state index >= 15 is 0 Å². The normalized spacial score (nSPS) is 33.3. The number of benzene rings is 1. The smallest absolute Gasteiger partial charge is 0.0900 e. The number of hydrogen-bond acceptors (Lipinski definition) is 4. The zero-order valence-electron chi connectivity index (χ0n) is 18.2. The van der Waals surface area contributed by atoms with Gasteiger partial charge in [0.15, 0.2) is 0 Å². The van der Waals surface area contributed by atoms with E-state index in [-0.39, 0.29) is 5.41 Å². The van der Waals surface area contributed by atoms with Crippen LogP contribution in [0.25, 0.3) is 0 Å². The Kier molecular flexibility index (Phi) is 6.30. The molecule has 4 atom stereocenters. The summed E-state index contributed by atoms with van der Waals surface area (Å²) >= 11 is 5.97. The lowest BCUT2D eigenvalue weighted by atomic mass is 9.70. The lowest BCUT2D eigenvalue weighted by Crippen LogP contribution is -2.49. The van der Waals surface area contributed by atoms with Crippen LogP contribution in [0.15, 0.2) is 24.3 Å². The largest absolute Gasteiger partial charge is 0.389 e. The number of fused-ring (bicyclic) bond motifs is 2. The van der Waals surface area contributed by atoms with E-state index in [9.17, 15) is 5.11 Å². The second kappa shape index (κ2) is 8.47. The maximum Gasteiger partial charge on any atom is 0.0900 e. The Morgan fingerprint density at radius 1 is 1.10 bits per heavy atom. The van der Waals surface area contributed by atoms with Crippen LogP contribution in [0.5, 0.6) is 0 Å². The Balaban J connectivity index is 1.18. The van der Waals surface area contributed by atoms with Gasteiger partial charge < -0.3 is 9.84 Å². The van der Waals surface area contributed by atoms with Crippen molar-refractivity contribution in [2.24, 2.45) is 16.7 Å². The second-order valence-corrected chi connectivity index (χ2v) is 10.7. The van der Waals surface area contributed by atoms with Gasteiger partial charge in [0.25, 0.3) is 0 Å². The summed E-state index contributed by atoms with van der Waals surface area (Å²) in [5.74, 6) is 0.781. The number of aliphatic hydroxyl groups is 1. The van der Waals surface area contributed by atoms with Gasteiger partial charge in [-0.3, -0.25) is 9.80 Å². The molecule has 4 nitrogen and oxygen atoms in total. The zero-order chi connectivity index (χ0) is 20.6. The van der Waals surface area contributed by atoms with Crippen LogP contribution in [-0.2, 0) is 11.3 Å². The molecule has 5 heteroatoms. The van der Waals surface area contributed by atoms with Crippen molar-refractivity contribution in [3.63, 3.8) is 0 Å². The maximum absolute atomic E-state index is 10.6. The molecular formula is C24H37ClN2O2. The standard InChI is InChI=1S/C24H37ClN2O2/c1-23(2)19-8-9-24(23,3)22(14-19)29-17-21(28)16-27-12-10-26(11-13-27)15-18-4-6-20(25)7-5-18/h4-7,19,21-22,28H,8-17H2,1-3H3/t19-,21+,22+,24+/m0/s1. The highest BCUT2D eigenvalue weighted by atomic mass is 35.5. The summed E-state index contributed by atoms with van der Waals surface area (Å²) in [5, 5.41) is 11.4. The Hall–Kier alpha value is -0.650. The summed E-state index contributed by atoms with van der Waals surface area (Å²) < 4.78 is 6.29. The minimum absolute atomic E-state index is 0.269. The maximum atomic E-state index is 10.6. The number of halogens is 1. The van der Waals surface area contributed by atoms with Gasteiger partial charge in [-0.1, -0.05) is 44.5 Å². The highest BCUT2D eigenvalue weighted by Crippen LogP contribution is 2.66. The summed E-state index contributed by atoms with van der Waals surface area (Å²) in [7, 11) is 0. The van der Waals surface area contributed by atoms with E-state index < -0.39 is 6.10 Å². The van der Waals surface area contributed by atoms with Gasteiger partial charge in [-0.15, -0.1) is 0 Å². The third-order valence-electron chi connectivity index (χ3n) is 8.46. The summed E-state index contributed by atoms with van der Waals surface area (Å²) in [6.07, 6.45) is 3.68. The van der Waals surface area contributed by atoms with E-state index in [4.69, 9.17) is 16.3 Å². The molecule has 2 saturated carbocycles. The number of ether oxygens (including phenoxy) is 1. The Morgan fingerprint density at radius 2 is 1.76 bits per heavy atom. The fourth-order valence-electron chi connectivity index (χ4n) is 5.94. The number of rotatable bonds is 7. The number of hydrogen-bond donors (Lipinski definition) is 1. The molecule has 1 aliphatic heterocycles. The van der Waals surface area contributed by atoms with Crippen molar-refractivity contribution in [3.8, 4) is 0 Å². The van der Waals surface area contributed by atoms with Gasteiger partial charge in [-0.2, -0.15) is 0 Å². The minimum atomic E-state index is -0.399. The molecule has 0 amide bonds. The fourth-order valence-corrected chi connectivity index (χ4v) is 6.06. The average molecular weight is 421 g/mol. The minimum Gasteiger partial charge on any atom is -0.389 e. The number of nitrogens with zero attached hydrogens (tertiary/aromatic N) is 2. The Labute approximate surface area is 181 Å². The number of aliphatic hydroxyl groups excluding tert-OH is 1. The first-order valence-corrected chi connectivity index (χ1v) is 11.6. The number of piperazine rings is 1. The predicted molar refractivity (Wildman–Crippen MR) is 118 cm³/mol. The Bertz CT molecular complexity index is 687. The van der Waals surface area contributed by atoms with Gasteiger partial charge in [0, 0.05) is 44.3 Å².